The number of anilines is 1. The highest BCUT2D eigenvalue weighted by molar-refractivity contribution is 9.10. The number of benzene rings is 1. The van der Waals surface area contributed by atoms with E-state index in [0.29, 0.717) is 25.3 Å². The van der Waals surface area contributed by atoms with Gasteiger partial charge in [-0.25, -0.2) is 18.9 Å². The molecule has 2 saturated heterocycles. The van der Waals surface area contributed by atoms with Crippen molar-refractivity contribution in [3.05, 3.63) is 21.9 Å². The fraction of sp³-hybridized carbons (Fsp3) is 0.607. The van der Waals surface area contributed by atoms with Crippen LogP contribution in [-0.2, 0) is 10.9 Å². The normalized spacial score (nSPS) is 20.9. The molecule has 2 aromatic heterocycles. The standard InChI is InChI=1S/C28H33BrF4N8O2/c1-26(2,3)43-25(42)40-10-8-16(11-15(40)7-9-34)41-23-17-12-18(28(31,32)33)19(29)20(30)21(17)35-24(22(23)36-37-41)39-13-27(4,14-39)38(5)6/h12,15-16H,7-8,10-11,13-14H2,1-6H3/t15-,16+/m1/s1. The van der Waals surface area contributed by atoms with E-state index in [1.165, 1.54) is 9.58 Å². The second-order valence-corrected chi connectivity index (χ2v) is 13.5. The lowest BCUT2D eigenvalue weighted by atomic mass is 9.90. The summed E-state index contributed by atoms with van der Waals surface area (Å²) in [7, 11) is 3.90. The Morgan fingerprint density at radius 1 is 1.26 bits per heavy atom. The predicted octanol–water partition coefficient (Wildman–Crippen LogP) is 5.89. The molecule has 15 heteroatoms. The Labute approximate surface area is 254 Å². The van der Waals surface area contributed by atoms with Crippen LogP contribution in [0.1, 0.15) is 58.6 Å². The van der Waals surface area contributed by atoms with Crippen molar-refractivity contribution in [2.24, 2.45) is 0 Å². The van der Waals surface area contributed by atoms with E-state index in [1.54, 1.807) is 20.8 Å². The Morgan fingerprint density at radius 2 is 1.93 bits per heavy atom. The van der Waals surface area contributed by atoms with E-state index in [4.69, 9.17) is 4.74 Å². The first-order valence-corrected chi connectivity index (χ1v) is 14.7. The monoisotopic (exact) mass is 668 g/mol. The van der Waals surface area contributed by atoms with Crippen molar-refractivity contribution in [2.75, 3.05) is 38.6 Å². The number of hydrogen-bond donors (Lipinski definition) is 0. The molecule has 1 amide bonds. The molecule has 0 spiro atoms. The molecule has 0 saturated carbocycles. The number of carbonyl (C=O) groups excluding carboxylic acids is 1. The molecule has 2 aliphatic rings. The second kappa shape index (κ2) is 10.7. The molecule has 0 N–H and O–H groups in total. The zero-order valence-electron chi connectivity index (χ0n) is 24.8. The number of nitrogens with zero attached hydrogens (tertiary/aromatic N) is 8. The topological polar surface area (TPSA) is 103 Å². The van der Waals surface area contributed by atoms with Crippen LogP contribution in [0.25, 0.3) is 21.9 Å². The third kappa shape index (κ3) is 5.59. The molecule has 4 heterocycles. The average molecular weight is 670 g/mol. The maximum atomic E-state index is 15.7. The van der Waals surface area contributed by atoms with E-state index in [9.17, 15) is 23.2 Å². The Kier molecular flexibility index (Phi) is 7.78. The lowest BCUT2D eigenvalue weighted by molar-refractivity contribution is -0.138. The molecule has 232 valence electrons. The molecular weight excluding hydrogens is 636 g/mol. The molecule has 1 aromatic carbocycles. The fourth-order valence-corrected chi connectivity index (χ4v) is 6.29. The number of fused-ring (bicyclic) bond motifs is 3. The SMILES string of the molecule is CN(C)C1(C)CN(c2nc3c(F)c(Br)c(C(F)(F)F)cc3c3c2nnn3[C@H]2CCN(C(=O)OC(C)(C)C)[C@H](CC#N)C2)C1. The molecule has 0 bridgehead atoms. The summed E-state index contributed by atoms with van der Waals surface area (Å²) in [5, 5.41) is 18.2. The number of hydrogen-bond acceptors (Lipinski definition) is 8. The summed E-state index contributed by atoms with van der Waals surface area (Å²) in [6, 6.07) is 2.03. The van der Waals surface area contributed by atoms with Gasteiger partial charge >= 0.3 is 12.3 Å². The smallest absolute Gasteiger partial charge is 0.417 e. The number of aromatic nitrogens is 4. The quantitative estimate of drug-likeness (QED) is 0.317. The Morgan fingerprint density at radius 3 is 2.51 bits per heavy atom. The van der Waals surface area contributed by atoms with Gasteiger partial charge in [-0.15, -0.1) is 5.10 Å². The first-order chi connectivity index (χ1) is 19.9. The molecule has 0 unspecified atom stereocenters. The van der Waals surface area contributed by atoms with Crippen molar-refractivity contribution in [2.45, 2.75) is 76.4 Å². The van der Waals surface area contributed by atoms with Gasteiger partial charge < -0.3 is 19.4 Å². The number of piperidine rings is 1. The van der Waals surface area contributed by atoms with Crippen LogP contribution in [0.15, 0.2) is 10.5 Å². The van der Waals surface area contributed by atoms with E-state index in [-0.39, 0.29) is 46.9 Å². The van der Waals surface area contributed by atoms with Gasteiger partial charge in [-0.3, -0.25) is 0 Å². The van der Waals surface area contributed by atoms with Gasteiger partial charge in [0.25, 0.3) is 0 Å². The van der Waals surface area contributed by atoms with Gasteiger partial charge in [-0.05, 0) is 76.6 Å². The first kappa shape index (κ1) is 31.2. The maximum Gasteiger partial charge on any atom is 0.417 e. The summed E-state index contributed by atoms with van der Waals surface area (Å²) < 4.78 is 64.0. The molecule has 10 nitrogen and oxygen atoms in total. The zero-order valence-corrected chi connectivity index (χ0v) is 26.3. The molecule has 2 aliphatic heterocycles. The number of halogens is 5. The first-order valence-electron chi connectivity index (χ1n) is 13.9. The van der Waals surface area contributed by atoms with E-state index >= 15 is 4.39 Å². The maximum absolute atomic E-state index is 15.7. The molecule has 0 radical (unpaired) electrons. The Bertz CT molecular complexity index is 1620. The van der Waals surface area contributed by atoms with Crippen molar-refractivity contribution >= 4 is 49.8 Å². The van der Waals surface area contributed by atoms with Gasteiger partial charge in [0.15, 0.2) is 17.2 Å². The van der Waals surface area contributed by atoms with Crippen LogP contribution in [0.5, 0.6) is 0 Å². The number of amides is 1. The molecule has 3 aromatic rings. The number of pyridine rings is 1. The van der Waals surface area contributed by atoms with Gasteiger partial charge in [0.2, 0.25) is 0 Å². The minimum atomic E-state index is -4.83. The van der Waals surface area contributed by atoms with Crippen molar-refractivity contribution in [1.82, 2.24) is 29.8 Å². The van der Waals surface area contributed by atoms with E-state index < -0.39 is 45.8 Å². The van der Waals surface area contributed by atoms with Gasteiger partial charge in [0.1, 0.15) is 16.6 Å². The number of nitriles is 1. The molecule has 0 aliphatic carbocycles. The second-order valence-electron chi connectivity index (χ2n) is 12.7. The number of likely N-dealkylation sites (N-methyl/N-ethyl adjacent to an activating group) is 1. The molecule has 43 heavy (non-hydrogen) atoms. The van der Waals surface area contributed by atoms with Gasteiger partial charge in [0, 0.05) is 25.0 Å². The number of likely N-dealkylation sites (tertiary alicyclic amines) is 1. The van der Waals surface area contributed by atoms with E-state index in [2.05, 4.69) is 49.1 Å². The summed E-state index contributed by atoms with van der Waals surface area (Å²) in [6.45, 7) is 8.64. The number of alkyl halides is 3. The van der Waals surface area contributed by atoms with Crippen molar-refractivity contribution in [1.29, 1.82) is 5.26 Å². The van der Waals surface area contributed by atoms with Crippen LogP contribution in [0, 0.1) is 17.1 Å². The van der Waals surface area contributed by atoms with Gasteiger partial charge in [-0.2, -0.15) is 18.4 Å². The number of rotatable bonds is 4. The lowest BCUT2D eigenvalue weighted by Crippen LogP contribution is -2.67. The molecular formula is C28H33BrF4N8O2. The predicted molar refractivity (Wildman–Crippen MR) is 155 cm³/mol. The summed E-state index contributed by atoms with van der Waals surface area (Å²) >= 11 is 2.81. The third-order valence-corrected chi connectivity index (χ3v) is 9.07. The zero-order chi connectivity index (χ0) is 31.6. The summed E-state index contributed by atoms with van der Waals surface area (Å²) in [6.07, 6.45) is -4.72. The van der Waals surface area contributed by atoms with Crippen LogP contribution in [0.4, 0.5) is 28.2 Å². The highest BCUT2D eigenvalue weighted by atomic mass is 79.9. The Hall–Kier alpha value is -3.25. The minimum absolute atomic E-state index is 0.0205. The highest BCUT2D eigenvalue weighted by Crippen LogP contribution is 2.44. The lowest BCUT2D eigenvalue weighted by Gasteiger charge is -2.52. The summed E-state index contributed by atoms with van der Waals surface area (Å²) in [5.74, 6) is -0.794. The van der Waals surface area contributed by atoms with Crippen LogP contribution < -0.4 is 4.90 Å². The number of ether oxygens (including phenoxy) is 1. The molecule has 2 fully saturated rings. The van der Waals surface area contributed by atoms with Gasteiger partial charge in [0.05, 0.1) is 40.1 Å². The fourth-order valence-electron chi connectivity index (χ4n) is 5.76. The van der Waals surface area contributed by atoms with E-state index in [1.807, 2.05) is 19.0 Å². The summed E-state index contributed by atoms with van der Waals surface area (Å²) in [4.78, 5) is 22.9. The highest BCUT2D eigenvalue weighted by Gasteiger charge is 2.44. The molecule has 2 atom stereocenters. The third-order valence-electron chi connectivity index (χ3n) is 8.30. The van der Waals surface area contributed by atoms with Crippen molar-refractivity contribution in [3.8, 4) is 6.07 Å². The largest absolute Gasteiger partial charge is 0.444 e. The summed E-state index contributed by atoms with van der Waals surface area (Å²) in [5.41, 5.74) is -1.84. The Balaban J connectivity index is 1.64. The molecule has 5 rings (SSSR count). The van der Waals surface area contributed by atoms with Crippen LogP contribution in [-0.4, -0.2) is 86.8 Å². The number of carbonyl (C=O) groups is 1. The van der Waals surface area contributed by atoms with Crippen LogP contribution >= 0.6 is 15.9 Å². The van der Waals surface area contributed by atoms with Crippen molar-refractivity contribution < 1.29 is 27.1 Å². The van der Waals surface area contributed by atoms with Crippen LogP contribution in [0.2, 0.25) is 0 Å². The van der Waals surface area contributed by atoms with Crippen molar-refractivity contribution in [3.63, 3.8) is 0 Å². The van der Waals surface area contributed by atoms with Gasteiger partial charge in [-0.1, -0.05) is 5.21 Å². The van der Waals surface area contributed by atoms with E-state index in [0.717, 1.165) is 6.07 Å². The minimum Gasteiger partial charge on any atom is -0.444 e. The average Bonchev–Trinajstić information content (AvgIpc) is 3.32. The van der Waals surface area contributed by atoms with Crippen LogP contribution in [0.3, 0.4) is 0 Å².